The summed E-state index contributed by atoms with van der Waals surface area (Å²) in [5.74, 6) is 1.43. The van der Waals surface area contributed by atoms with Gasteiger partial charge in [-0.05, 0) is 24.7 Å². The van der Waals surface area contributed by atoms with Crippen LogP contribution in [0, 0.1) is 17.8 Å². The Balaban J connectivity index is 1.56. The molecule has 1 amide bonds. The zero-order valence-corrected chi connectivity index (χ0v) is 13.0. The van der Waals surface area contributed by atoms with E-state index in [0.29, 0.717) is 18.4 Å². The molecule has 2 bridgehead atoms. The number of carbonyl (C=O) groups is 1. The molecule has 1 heterocycles. The first kappa shape index (κ1) is 13.7. The van der Waals surface area contributed by atoms with E-state index in [4.69, 9.17) is 0 Å². The molecule has 0 spiro atoms. The topological polar surface area (TPSA) is 54.9 Å². The van der Waals surface area contributed by atoms with E-state index in [-0.39, 0.29) is 17.2 Å². The molecule has 108 valence electrons. The Hall–Kier alpha value is -1.23. The van der Waals surface area contributed by atoms with Crippen molar-refractivity contribution < 1.29 is 4.79 Å². The van der Waals surface area contributed by atoms with Crippen LogP contribution in [-0.2, 0) is 16.8 Å². The van der Waals surface area contributed by atoms with Gasteiger partial charge in [-0.25, -0.2) is 0 Å². The van der Waals surface area contributed by atoms with E-state index < -0.39 is 0 Å². The van der Waals surface area contributed by atoms with Crippen molar-refractivity contribution in [3.05, 3.63) is 22.2 Å². The third-order valence-corrected chi connectivity index (χ3v) is 5.49. The lowest BCUT2D eigenvalue weighted by atomic mass is 9.93. The maximum absolute atomic E-state index is 12.2. The number of amides is 1. The largest absolute Gasteiger partial charge is 0.349 e. The summed E-state index contributed by atoms with van der Waals surface area (Å²) in [6, 6.07) is 0. The van der Waals surface area contributed by atoms with Crippen molar-refractivity contribution in [1.82, 2.24) is 15.5 Å². The third-order valence-electron chi connectivity index (χ3n) is 4.14. The van der Waals surface area contributed by atoms with Crippen LogP contribution in [0.15, 0.2) is 12.2 Å². The second-order valence-corrected chi connectivity index (χ2v) is 7.92. The van der Waals surface area contributed by atoms with Gasteiger partial charge in [-0.2, -0.15) is 0 Å². The minimum Gasteiger partial charge on any atom is -0.349 e. The average molecular weight is 291 g/mol. The molecule has 5 heteroatoms. The van der Waals surface area contributed by atoms with Crippen LogP contribution >= 0.6 is 11.3 Å². The quantitative estimate of drug-likeness (QED) is 0.871. The van der Waals surface area contributed by atoms with Gasteiger partial charge < -0.3 is 5.32 Å². The molecule has 2 aliphatic carbocycles. The maximum atomic E-state index is 12.2. The van der Waals surface area contributed by atoms with Gasteiger partial charge in [0.15, 0.2) is 0 Å². The van der Waals surface area contributed by atoms with Gasteiger partial charge in [0.25, 0.3) is 0 Å². The molecule has 1 fully saturated rings. The molecule has 4 nitrogen and oxygen atoms in total. The minimum absolute atomic E-state index is 0.0231. The van der Waals surface area contributed by atoms with Crippen molar-refractivity contribution in [3.8, 4) is 0 Å². The molecule has 0 aromatic carbocycles. The van der Waals surface area contributed by atoms with E-state index in [0.717, 1.165) is 22.9 Å². The van der Waals surface area contributed by atoms with Crippen molar-refractivity contribution in [1.29, 1.82) is 0 Å². The number of fused-ring (bicyclic) bond motifs is 2. The van der Waals surface area contributed by atoms with Gasteiger partial charge in [0.05, 0.1) is 6.54 Å². The molecule has 0 saturated heterocycles. The van der Waals surface area contributed by atoms with E-state index in [1.54, 1.807) is 11.3 Å². The lowest BCUT2D eigenvalue weighted by molar-refractivity contribution is -0.125. The highest BCUT2D eigenvalue weighted by molar-refractivity contribution is 7.11. The van der Waals surface area contributed by atoms with Crippen LogP contribution in [0.3, 0.4) is 0 Å². The standard InChI is InChI=1S/C15H21N3OS/c1-15(2,3)14-18-17-12(20-14)8-16-13(19)11-7-9-4-5-10(11)6-9/h4-5,9-11H,6-8H2,1-3H3,(H,16,19)/t9-,10-,11-/m0/s1. The average Bonchev–Trinajstić information content (AvgIpc) is 3.10. The molecular formula is C15H21N3OS. The zero-order valence-electron chi connectivity index (χ0n) is 12.2. The number of allylic oxidation sites excluding steroid dienone is 2. The summed E-state index contributed by atoms with van der Waals surface area (Å²) in [5.41, 5.74) is 0.0231. The van der Waals surface area contributed by atoms with Gasteiger partial charge in [0.2, 0.25) is 5.91 Å². The number of nitrogens with one attached hydrogen (secondary N) is 1. The van der Waals surface area contributed by atoms with Crippen LogP contribution in [-0.4, -0.2) is 16.1 Å². The van der Waals surface area contributed by atoms with E-state index in [9.17, 15) is 4.79 Å². The van der Waals surface area contributed by atoms with Gasteiger partial charge in [-0.15, -0.1) is 10.2 Å². The predicted octanol–water partition coefficient (Wildman–Crippen LogP) is 2.66. The fourth-order valence-corrected chi connectivity index (χ4v) is 3.84. The smallest absolute Gasteiger partial charge is 0.224 e. The highest BCUT2D eigenvalue weighted by Crippen LogP contribution is 2.43. The number of nitrogens with zero attached hydrogens (tertiary/aromatic N) is 2. The Kier molecular flexibility index (Phi) is 3.40. The van der Waals surface area contributed by atoms with E-state index in [2.05, 4.69) is 48.4 Å². The number of carbonyl (C=O) groups excluding carboxylic acids is 1. The Morgan fingerprint density at radius 3 is 2.70 bits per heavy atom. The number of hydrogen-bond acceptors (Lipinski definition) is 4. The van der Waals surface area contributed by atoms with E-state index >= 15 is 0 Å². The molecule has 1 N–H and O–H groups in total. The van der Waals surface area contributed by atoms with Crippen LogP contribution in [0.4, 0.5) is 0 Å². The molecule has 1 aromatic heterocycles. The van der Waals surface area contributed by atoms with Gasteiger partial charge in [-0.1, -0.05) is 44.3 Å². The Morgan fingerprint density at radius 1 is 1.35 bits per heavy atom. The van der Waals surface area contributed by atoms with Gasteiger partial charge in [0, 0.05) is 11.3 Å². The van der Waals surface area contributed by atoms with Crippen molar-refractivity contribution in [2.75, 3.05) is 0 Å². The van der Waals surface area contributed by atoms with E-state index in [1.807, 2.05) is 0 Å². The van der Waals surface area contributed by atoms with Crippen molar-refractivity contribution in [2.45, 2.75) is 45.6 Å². The molecule has 3 atom stereocenters. The molecular weight excluding hydrogens is 270 g/mol. The summed E-state index contributed by atoms with van der Waals surface area (Å²) in [7, 11) is 0. The normalized spacial score (nSPS) is 28.1. The van der Waals surface area contributed by atoms with Crippen LogP contribution in [0.1, 0.15) is 43.6 Å². The number of rotatable bonds is 3. The van der Waals surface area contributed by atoms with Crippen molar-refractivity contribution in [2.24, 2.45) is 17.8 Å². The fraction of sp³-hybridized carbons (Fsp3) is 0.667. The Morgan fingerprint density at radius 2 is 2.15 bits per heavy atom. The second-order valence-electron chi connectivity index (χ2n) is 6.86. The molecule has 0 aliphatic heterocycles. The SMILES string of the molecule is CC(C)(C)c1nnc(CNC(=O)[C@H]2C[C@H]3C=C[C@H]2C3)s1. The lowest BCUT2D eigenvalue weighted by Crippen LogP contribution is -2.32. The molecule has 0 unspecified atom stereocenters. The first-order valence-corrected chi connectivity index (χ1v) is 8.04. The number of hydrogen-bond donors (Lipinski definition) is 1. The summed E-state index contributed by atoms with van der Waals surface area (Å²) in [5, 5.41) is 13.3. The second kappa shape index (κ2) is 4.95. The van der Waals surface area contributed by atoms with Crippen molar-refractivity contribution in [3.63, 3.8) is 0 Å². The zero-order chi connectivity index (χ0) is 14.3. The molecule has 0 radical (unpaired) electrons. The van der Waals surface area contributed by atoms with Crippen LogP contribution in [0.5, 0.6) is 0 Å². The first-order valence-electron chi connectivity index (χ1n) is 7.22. The first-order chi connectivity index (χ1) is 9.43. The third kappa shape index (κ3) is 2.64. The molecule has 1 aromatic rings. The lowest BCUT2D eigenvalue weighted by Gasteiger charge is -2.16. The summed E-state index contributed by atoms with van der Waals surface area (Å²) >= 11 is 1.59. The summed E-state index contributed by atoms with van der Waals surface area (Å²) in [4.78, 5) is 12.2. The Bertz CT molecular complexity index is 544. The van der Waals surface area contributed by atoms with Crippen LogP contribution in [0.25, 0.3) is 0 Å². The van der Waals surface area contributed by atoms with Crippen molar-refractivity contribution >= 4 is 17.2 Å². The highest BCUT2D eigenvalue weighted by atomic mass is 32.1. The van der Waals surface area contributed by atoms with Gasteiger partial charge in [-0.3, -0.25) is 4.79 Å². The van der Waals surface area contributed by atoms with Gasteiger partial charge in [0.1, 0.15) is 10.0 Å². The number of aromatic nitrogens is 2. The van der Waals surface area contributed by atoms with Gasteiger partial charge >= 0.3 is 0 Å². The fourth-order valence-electron chi connectivity index (χ4n) is 3.00. The minimum atomic E-state index is 0.0231. The monoisotopic (exact) mass is 291 g/mol. The summed E-state index contributed by atoms with van der Waals surface area (Å²) in [6.45, 7) is 6.87. The maximum Gasteiger partial charge on any atom is 0.224 e. The molecule has 20 heavy (non-hydrogen) atoms. The van der Waals surface area contributed by atoms with Crippen LogP contribution in [0.2, 0.25) is 0 Å². The summed E-state index contributed by atoms with van der Waals surface area (Å²) in [6.07, 6.45) is 6.64. The molecule has 1 saturated carbocycles. The highest BCUT2D eigenvalue weighted by Gasteiger charge is 2.39. The van der Waals surface area contributed by atoms with E-state index in [1.165, 1.54) is 0 Å². The molecule has 3 rings (SSSR count). The van der Waals surface area contributed by atoms with Crippen LogP contribution < -0.4 is 5.32 Å². The summed E-state index contributed by atoms with van der Waals surface area (Å²) < 4.78 is 0. The Labute approximate surface area is 123 Å². The molecule has 2 aliphatic rings. The predicted molar refractivity (Wildman–Crippen MR) is 79.3 cm³/mol.